The number of carbonyl (C=O) groups excluding carboxylic acids is 2. The summed E-state index contributed by atoms with van der Waals surface area (Å²) in [5.74, 6) is -0.918. The van der Waals surface area contributed by atoms with Gasteiger partial charge < -0.3 is 19.3 Å². The van der Waals surface area contributed by atoms with Crippen LogP contribution in [-0.4, -0.2) is 57.8 Å². The first kappa shape index (κ1) is 19.1. The highest BCUT2D eigenvalue weighted by atomic mass is 16.3. The lowest BCUT2D eigenvalue weighted by Crippen LogP contribution is -2.37. The number of hydrogen-bond donors (Lipinski definition) is 1. The van der Waals surface area contributed by atoms with E-state index < -0.39 is 23.5 Å². The Morgan fingerprint density at radius 2 is 2.07 bits per heavy atom. The molecule has 0 bridgehead atoms. The standard InChI is InChI=1S/C22H23N3O4/c26-18(8-7-17-6-4-14-29-17)19-20(16-5-3-9-23-15-16)25(22(28)21(19)27)13-12-24-10-1-2-11-24/h3-9,14-15,20,27H,1-2,10-13H2/b8-7+. The number of pyridine rings is 1. The molecule has 2 aromatic heterocycles. The van der Waals surface area contributed by atoms with Crippen molar-refractivity contribution in [2.75, 3.05) is 26.2 Å². The Kier molecular flexibility index (Phi) is 5.57. The summed E-state index contributed by atoms with van der Waals surface area (Å²) in [6.07, 6.45) is 9.94. The van der Waals surface area contributed by atoms with E-state index in [0.29, 0.717) is 24.4 Å². The summed E-state index contributed by atoms with van der Waals surface area (Å²) in [5.41, 5.74) is 0.772. The third-order valence-corrected chi connectivity index (χ3v) is 5.37. The molecule has 0 spiro atoms. The van der Waals surface area contributed by atoms with E-state index in [1.54, 1.807) is 35.5 Å². The third-order valence-electron chi connectivity index (χ3n) is 5.37. The van der Waals surface area contributed by atoms with Gasteiger partial charge in [-0.15, -0.1) is 0 Å². The third kappa shape index (κ3) is 4.00. The van der Waals surface area contributed by atoms with Crippen molar-refractivity contribution in [3.05, 3.63) is 71.7 Å². The molecule has 2 aliphatic heterocycles. The molecule has 4 heterocycles. The fourth-order valence-electron chi connectivity index (χ4n) is 3.91. The zero-order valence-electron chi connectivity index (χ0n) is 16.0. The van der Waals surface area contributed by atoms with E-state index in [-0.39, 0.29) is 5.57 Å². The number of amides is 1. The number of aliphatic hydroxyl groups is 1. The lowest BCUT2D eigenvalue weighted by Gasteiger charge is -2.28. The van der Waals surface area contributed by atoms with Gasteiger partial charge in [-0.25, -0.2) is 0 Å². The van der Waals surface area contributed by atoms with Crippen LogP contribution in [0.5, 0.6) is 0 Å². The molecular weight excluding hydrogens is 370 g/mol. The molecule has 1 unspecified atom stereocenters. The number of hydrogen-bond acceptors (Lipinski definition) is 6. The molecule has 0 aromatic carbocycles. The molecule has 150 valence electrons. The van der Waals surface area contributed by atoms with Crippen molar-refractivity contribution in [2.24, 2.45) is 0 Å². The number of aliphatic hydroxyl groups excluding tert-OH is 1. The summed E-state index contributed by atoms with van der Waals surface area (Å²) < 4.78 is 5.21. The molecule has 1 amide bonds. The van der Waals surface area contributed by atoms with Gasteiger partial charge in [0.2, 0.25) is 0 Å². The zero-order chi connectivity index (χ0) is 20.2. The average Bonchev–Trinajstić information content (AvgIpc) is 3.49. The summed E-state index contributed by atoms with van der Waals surface area (Å²) in [6, 6.07) is 6.36. The number of carbonyl (C=O) groups is 2. The number of rotatable bonds is 7. The number of ketones is 1. The molecule has 0 saturated carbocycles. The van der Waals surface area contributed by atoms with Crippen LogP contribution in [0.2, 0.25) is 0 Å². The SMILES string of the molecule is O=C(/C=C/c1ccco1)C1=C(O)C(=O)N(CCN2CCCC2)C1c1cccnc1. The second-order valence-corrected chi connectivity index (χ2v) is 7.21. The molecule has 7 heteroatoms. The smallest absolute Gasteiger partial charge is 0.290 e. The Balaban J connectivity index is 1.62. The summed E-state index contributed by atoms with van der Waals surface area (Å²) in [7, 11) is 0. The minimum absolute atomic E-state index is 0.0761. The average molecular weight is 393 g/mol. The predicted molar refractivity (Wildman–Crippen MR) is 107 cm³/mol. The van der Waals surface area contributed by atoms with Crippen LogP contribution in [0.15, 0.2) is 64.7 Å². The highest BCUT2D eigenvalue weighted by Gasteiger charge is 2.42. The Labute approximate surface area is 168 Å². The minimum Gasteiger partial charge on any atom is -0.503 e. The van der Waals surface area contributed by atoms with Gasteiger partial charge in [-0.05, 0) is 61.8 Å². The van der Waals surface area contributed by atoms with Crippen LogP contribution in [0.3, 0.4) is 0 Å². The van der Waals surface area contributed by atoms with Gasteiger partial charge in [0, 0.05) is 25.5 Å². The number of likely N-dealkylation sites (tertiary alicyclic amines) is 1. The van der Waals surface area contributed by atoms with Crippen molar-refractivity contribution < 1.29 is 19.1 Å². The largest absolute Gasteiger partial charge is 0.503 e. The Morgan fingerprint density at radius 3 is 2.76 bits per heavy atom. The van der Waals surface area contributed by atoms with Crippen molar-refractivity contribution >= 4 is 17.8 Å². The van der Waals surface area contributed by atoms with Gasteiger partial charge in [0.1, 0.15) is 5.76 Å². The molecule has 2 aliphatic rings. The molecule has 29 heavy (non-hydrogen) atoms. The van der Waals surface area contributed by atoms with Crippen molar-refractivity contribution in [1.29, 1.82) is 0 Å². The predicted octanol–water partition coefficient (Wildman–Crippen LogP) is 2.75. The molecule has 1 saturated heterocycles. The van der Waals surface area contributed by atoms with Crippen LogP contribution in [0, 0.1) is 0 Å². The van der Waals surface area contributed by atoms with Gasteiger partial charge in [-0.1, -0.05) is 6.07 Å². The summed E-state index contributed by atoms with van der Waals surface area (Å²) in [5, 5.41) is 10.6. The van der Waals surface area contributed by atoms with E-state index in [9.17, 15) is 14.7 Å². The Bertz CT molecular complexity index is 928. The number of allylic oxidation sites excluding steroid dienone is 1. The van der Waals surface area contributed by atoms with Crippen LogP contribution in [0.1, 0.15) is 30.2 Å². The molecule has 2 aromatic rings. The molecule has 4 rings (SSSR count). The number of furan rings is 1. The monoisotopic (exact) mass is 393 g/mol. The van der Waals surface area contributed by atoms with E-state index in [1.807, 2.05) is 6.07 Å². The van der Waals surface area contributed by atoms with E-state index >= 15 is 0 Å². The van der Waals surface area contributed by atoms with Gasteiger partial charge >= 0.3 is 0 Å². The topological polar surface area (TPSA) is 86.9 Å². The maximum atomic E-state index is 12.9. The summed E-state index contributed by atoms with van der Waals surface area (Å²) >= 11 is 0. The molecular formula is C22H23N3O4. The maximum absolute atomic E-state index is 12.9. The second kappa shape index (κ2) is 8.45. The van der Waals surface area contributed by atoms with Crippen molar-refractivity contribution in [3.8, 4) is 0 Å². The van der Waals surface area contributed by atoms with Gasteiger partial charge in [0.15, 0.2) is 11.5 Å². The second-order valence-electron chi connectivity index (χ2n) is 7.21. The first-order valence-corrected chi connectivity index (χ1v) is 9.77. The molecule has 0 radical (unpaired) electrons. The zero-order valence-corrected chi connectivity index (χ0v) is 16.0. The van der Waals surface area contributed by atoms with Crippen molar-refractivity contribution in [1.82, 2.24) is 14.8 Å². The fourth-order valence-corrected chi connectivity index (χ4v) is 3.91. The van der Waals surface area contributed by atoms with Gasteiger partial charge in [0.05, 0.1) is 17.9 Å². The Morgan fingerprint density at radius 1 is 1.24 bits per heavy atom. The van der Waals surface area contributed by atoms with E-state index in [2.05, 4.69) is 9.88 Å². The first-order chi connectivity index (χ1) is 14.1. The number of nitrogens with zero attached hydrogens (tertiary/aromatic N) is 3. The van der Waals surface area contributed by atoms with Crippen molar-refractivity contribution in [2.45, 2.75) is 18.9 Å². The van der Waals surface area contributed by atoms with Crippen LogP contribution in [-0.2, 0) is 9.59 Å². The molecule has 1 atom stereocenters. The quantitative estimate of drug-likeness (QED) is 0.728. The summed E-state index contributed by atoms with van der Waals surface area (Å²) in [4.78, 5) is 33.8. The highest BCUT2D eigenvalue weighted by Crippen LogP contribution is 2.37. The number of aromatic nitrogens is 1. The van der Waals surface area contributed by atoms with Crippen LogP contribution in [0.25, 0.3) is 6.08 Å². The minimum atomic E-state index is -0.660. The van der Waals surface area contributed by atoms with E-state index in [4.69, 9.17) is 4.42 Å². The lowest BCUT2D eigenvalue weighted by molar-refractivity contribution is -0.129. The molecule has 1 fully saturated rings. The Hall–Kier alpha value is -3.19. The van der Waals surface area contributed by atoms with Crippen molar-refractivity contribution in [3.63, 3.8) is 0 Å². The summed E-state index contributed by atoms with van der Waals surface area (Å²) in [6.45, 7) is 3.16. The van der Waals surface area contributed by atoms with E-state index in [0.717, 1.165) is 25.9 Å². The molecule has 0 aliphatic carbocycles. The van der Waals surface area contributed by atoms with Crippen LogP contribution < -0.4 is 0 Å². The maximum Gasteiger partial charge on any atom is 0.290 e. The van der Waals surface area contributed by atoms with Gasteiger partial charge in [-0.2, -0.15) is 0 Å². The van der Waals surface area contributed by atoms with E-state index in [1.165, 1.54) is 18.4 Å². The first-order valence-electron chi connectivity index (χ1n) is 9.77. The van der Waals surface area contributed by atoms with Gasteiger partial charge in [0.25, 0.3) is 5.91 Å². The van der Waals surface area contributed by atoms with Crippen LogP contribution in [0.4, 0.5) is 0 Å². The van der Waals surface area contributed by atoms with Gasteiger partial charge in [-0.3, -0.25) is 14.6 Å². The van der Waals surface area contributed by atoms with Crippen LogP contribution >= 0.6 is 0 Å². The molecule has 7 nitrogen and oxygen atoms in total. The normalized spacial score (nSPS) is 20.3. The molecule has 1 N–H and O–H groups in total. The highest BCUT2D eigenvalue weighted by molar-refractivity contribution is 6.14. The fraction of sp³-hybridized carbons (Fsp3) is 0.318. The lowest BCUT2D eigenvalue weighted by atomic mass is 9.97.